The summed E-state index contributed by atoms with van der Waals surface area (Å²) in [5.74, 6) is 0. The molecule has 0 heterocycles. The van der Waals surface area contributed by atoms with Crippen LogP contribution in [-0.2, 0) is 11.2 Å². The average Bonchev–Trinajstić information content (AvgIpc) is 2.16. The first-order valence-corrected chi connectivity index (χ1v) is 5.35. The van der Waals surface area contributed by atoms with Crippen molar-refractivity contribution in [2.75, 3.05) is 0 Å². The minimum Gasteiger partial charge on any atom is -0.302 e. The molecule has 1 unspecified atom stereocenters. The third kappa shape index (κ3) is 3.92. The lowest BCUT2D eigenvalue weighted by atomic mass is 10.1. The summed E-state index contributed by atoms with van der Waals surface area (Å²) in [6.45, 7) is 0. The van der Waals surface area contributed by atoms with Gasteiger partial charge in [-0.15, -0.1) is 0 Å². The van der Waals surface area contributed by atoms with Gasteiger partial charge in [-0.05, 0) is 30.5 Å². The largest absolute Gasteiger partial charge is 0.302 e. The van der Waals surface area contributed by atoms with Crippen LogP contribution in [0, 0.1) is 0 Å². The maximum atomic E-state index is 10.3. The van der Waals surface area contributed by atoms with Gasteiger partial charge in [-0.3, -0.25) is 0 Å². The second kappa shape index (κ2) is 5.40. The molecule has 1 rings (SSSR count). The van der Waals surface area contributed by atoms with E-state index in [1.165, 1.54) is 5.56 Å². The second-order valence-corrected chi connectivity index (χ2v) is 4.43. The molecule has 70 valence electrons. The van der Waals surface area contributed by atoms with E-state index < -0.39 is 0 Å². The molecule has 1 aromatic rings. The van der Waals surface area contributed by atoms with Crippen molar-refractivity contribution in [2.24, 2.45) is 0 Å². The van der Waals surface area contributed by atoms with Gasteiger partial charge in [0.25, 0.3) is 0 Å². The van der Waals surface area contributed by atoms with E-state index in [0.717, 1.165) is 24.2 Å². The second-order valence-electron chi connectivity index (χ2n) is 2.82. The van der Waals surface area contributed by atoms with Gasteiger partial charge < -0.3 is 4.79 Å². The highest BCUT2D eigenvalue weighted by atomic mass is 79.9. The number of rotatable bonds is 4. The molecule has 0 fully saturated rings. The summed E-state index contributed by atoms with van der Waals surface area (Å²) >= 11 is 8.99. The topological polar surface area (TPSA) is 17.1 Å². The van der Waals surface area contributed by atoms with Crippen LogP contribution in [0.5, 0.6) is 0 Å². The number of aldehydes is 1. The fraction of sp³-hybridized carbons (Fsp3) is 0.300. The Morgan fingerprint density at radius 3 is 2.54 bits per heavy atom. The number of alkyl halides is 1. The molecule has 0 spiro atoms. The summed E-state index contributed by atoms with van der Waals surface area (Å²) in [5.41, 5.74) is 1.20. The molecule has 3 heteroatoms. The number of benzene rings is 1. The van der Waals surface area contributed by atoms with Crippen LogP contribution in [0.15, 0.2) is 24.3 Å². The lowest BCUT2D eigenvalue weighted by Crippen LogP contribution is -2.00. The maximum Gasteiger partial charge on any atom is 0.133 e. The van der Waals surface area contributed by atoms with Crippen molar-refractivity contribution in [3.8, 4) is 0 Å². The molecular weight excluding hydrogens is 251 g/mol. The van der Waals surface area contributed by atoms with Crippen molar-refractivity contribution in [2.45, 2.75) is 17.7 Å². The van der Waals surface area contributed by atoms with E-state index in [0.29, 0.717) is 0 Å². The van der Waals surface area contributed by atoms with Crippen molar-refractivity contribution in [1.82, 2.24) is 0 Å². The Bertz CT molecular complexity index is 271. The van der Waals surface area contributed by atoms with Gasteiger partial charge in [0.15, 0.2) is 0 Å². The van der Waals surface area contributed by atoms with E-state index in [1.807, 2.05) is 24.3 Å². The summed E-state index contributed by atoms with van der Waals surface area (Å²) in [5, 5.41) is 0.745. The van der Waals surface area contributed by atoms with Gasteiger partial charge >= 0.3 is 0 Å². The Labute approximate surface area is 91.2 Å². The number of carbonyl (C=O) groups excluding carboxylic acids is 1. The first-order valence-electron chi connectivity index (χ1n) is 4.06. The van der Waals surface area contributed by atoms with Crippen molar-refractivity contribution in [3.63, 3.8) is 0 Å². The van der Waals surface area contributed by atoms with Crippen LogP contribution in [0.25, 0.3) is 0 Å². The number of hydrogen-bond acceptors (Lipinski definition) is 1. The normalized spacial score (nSPS) is 12.5. The van der Waals surface area contributed by atoms with Crippen molar-refractivity contribution < 1.29 is 4.79 Å². The molecule has 0 amide bonds. The minimum atomic E-state index is -0.0387. The zero-order valence-electron chi connectivity index (χ0n) is 7.04. The average molecular weight is 262 g/mol. The lowest BCUT2D eigenvalue weighted by molar-refractivity contribution is -0.107. The quantitative estimate of drug-likeness (QED) is 0.601. The van der Waals surface area contributed by atoms with Crippen molar-refractivity contribution in [3.05, 3.63) is 34.9 Å². The highest BCUT2D eigenvalue weighted by Gasteiger charge is 2.01. The standard InChI is InChI=1S/C10H10BrClO/c11-9(7-13)4-1-8-2-5-10(12)6-3-8/h2-3,5-7,9H,1,4H2. The number of carbonyl (C=O) groups is 1. The first-order chi connectivity index (χ1) is 6.22. The molecule has 1 nitrogen and oxygen atoms in total. The third-order valence-corrected chi connectivity index (χ3v) is 2.70. The van der Waals surface area contributed by atoms with E-state index in [2.05, 4.69) is 15.9 Å². The minimum absolute atomic E-state index is 0.0387. The molecule has 0 bridgehead atoms. The highest BCUT2D eigenvalue weighted by molar-refractivity contribution is 9.09. The van der Waals surface area contributed by atoms with Gasteiger partial charge in [0.05, 0.1) is 4.83 Å². The monoisotopic (exact) mass is 260 g/mol. The maximum absolute atomic E-state index is 10.3. The molecule has 0 saturated heterocycles. The molecule has 0 aliphatic carbocycles. The van der Waals surface area contributed by atoms with E-state index in [4.69, 9.17) is 11.6 Å². The van der Waals surface area contributed by atoms with Crippen LogP contribution >= 0.6 is 27.5 Å². The smallest absolute Gasteiger partial charge is 0.133 e. The van der Waals surface area contributed by atoms with Crippen LogP contribution < -0.4 is 0 Å². The van der Waals surface area contributed by atoms with E-state index in [-0.39, 0.29) is 4.83 Å². The zero-order chi connectivity index (χ0) is 9.68. The van der Waals surface area contributed by atoms with Crippen LogP contribution in [0.4, 0.5) is 0 Å². The molecule has 1 atom stereocenters. The summed E-state index contributed by atoms with van der Waals surface area (Å²) in [7, 11) is 0. The Morgan fingerprint density at radius 2 is 2.00 bits per heavy atom. The molecule has 0 N–H and O–H groups in total. The summed E-state index contributed by atoms with van der Waals surface area (Å²) in [6, 6.07) is 7.68. The molecule has 0 saturated carbocycles. The molecule has 0 aliphatic rings. The van der Waals surface area contributed by atoms with Crippen molar-refractivity contribution >= 4 is 33.8 Å². The van der Waals surface area contributed by atoms with Crippen LogP contribution in [-0.4, -0.2) is 11.1 Å². The summed E-state index contributed by atoms with van der Waals surface area (Å²) in [6.07, 6.45) is 2.63. The van der Waals surface area contributed by atoms with Gasteiger partial charge in [0.2, 0.25) is 0 Å². The van der Waals surface area contributed by atoms with E-state index in [1.54, 1.807) is 0 Å². The number of aryl methyl sites for hydroxylation is 1. The Balaban J connectivity index is 2.45. The van der Waals surface area contributed by atoms with Gasteiger partial charge in [-0.1, -0.05) is 39.7 Å². The molecule has 13 heavy (non-hydrogen) atoms. The fourth-order valence-electron chi connectivity index (χ4n) is 1.02. The third-order valence-electron chi connectivity index (χ3n) is 1.77. The SMILES string of the molecule is O=CC(Br)CCc1ccc(Cl)cc1. The van der Waals surface area contributed by atoms with Crippen LogP contribution in [0.2, 0.25) is 5.02 Å². The molecule has 0 aromatic heterocycles. The van der Waals surface area contributed by atoms with E-state index >= 15 is 0 Å². The van der Waals surface area contributed by atoms with Crippen LogP contribution in [0.1, 0.15) is 12.0 Å². The predicted octanol–water partition coefficient (Wildman–Crippen LogP) is 3.24. The molecule has 0 radical (unpaired) electrons. The fourth-order valence-corrected chi connectivity index (χ4v) is 1.38. The van der Waals surface area contributed by atoms with Gasteiger partial charge in [-0.2, -0.15) is 0 Å². The Hall–Kier alpha value is -0.340. The molecule has 1 aromatic carbocycles. The Kier molecular flexibility index (Phi) is 4.46. The van der Waals surface area contributed by atoms with Gasteiger partial charge in [0.1, 0.15) is 6.29 Å². The number of hydrogen-bond donors (Lipinski definition) is 0. The molecular formula is C10H10BrClO. The van der Waals surface area contributed by atoms with E-state index in [9.17, 15) is 4.79 Å². The lowest BCUT2D eigenvalue weighted by Gasteiger charge is -2.02. The predicted molar refractivity (Wildman–Crippen MR) is 58.6 cm³/mol. The number of halogens is 2. The zero-order valence-corrected chi connectivity index (χ0v) is 9.38. The Morgan fingerprint density at radius 1 is 1.38 bits per heavy atom. The summed E-state index contributed by atoms with van der Waals surface area (Å²) in [4.78, 5) is 10.3. The van der Waals surface area contributed by atoms with Crippen LogP contribution in [0.3, 0.4) is 0 Å². The first kappa shape index (κ1) is 10.7. The van der Waals surface area contributed by atoms with Gasteiger partial charge in [-0.25, -0.2) is 0 Å². The van der Waals surface area contributed by atoms with Gasteiger partial charge in [0, 0.05) is 5.02 Å². The van der Waals surface area contributed by atoms with Crippen molar-refractivity contribution in [1.29, 1.82) is 0 Å². The molecule has 0 aliphatic heterocycles. The highest BCUT2D eigenvalue weighted by Crippen LogP contribution is 2.13. The summed E-state index contributed by atoms with van der Waals surface area (Å²) < 4.78 is 0.